The molecule has 2 saturated heterocycles. The Kier molecular flexibility index (Phi) is 5.98. The van der Waals surface area contributed by atoms with E-state index in [1.54, 1.807) is 0 Å². The highest BCUT2D eigenvalue weighted by Gasteiger charge is 2.26. The van der Waals surface area contributed by atoms with E-state index in [1.165, 1.54) is 37.3 Å². The SMILES string of the molecule is CC1CN(CCC2CCN(c3snc(Cl)c3C#N)CC2)CC(C)O1. The third-order valence-corrected chi connectivity index (χ3v) is 6.28. The first kappa shape index (κ1) is 17.9. The number of aromatic nitrogens is 1. The Morgan fingerprint density at radius 2 is 1.96 bits per heavy atom. The number of hydrogen-bond acceptors (Lipinski definition) is 6. The quantitative estimate of drug-likeness (QED) is 0.815. The van der Waals surface area contributed by atoms with Gasteiger partial charge in [0.2, 0.25) is 0 Å². The Hall–Kier alpha value is -0.870. The van der Waals surface area contributed by atoms with Crippen molar-refractivity contribution in [2.45, 2.75) is 45.3 Å². The molecule has 3 rings (SSSR count). The molecule has 0 saturated carbocycles. The van der Waals surface area contributed by atoms with E-state index >= 15 is 0 Å². The maximum atomic E-state index is 9.23. The summed E-state index contributed by atoms with van der Waals surface area (Å²) in [5.41, 5.74) is 0.538. The largest absolute Gasteiger partial charge is 0.373 e. The van der Waals surface area contributed by atoms with Crippen molar-refractivity contribution in [3.63, 3.8) is 0 Å². The average Bonchev–Trinajstić information content (AvgIpc) is 2.93. The summed E-state index contributed by atoms with van der Waals surface area (Å²) in [5.74, 6) is 0.767. The van der Waals surface area contributed by atoms with Crippen molar-refractivity contribution in [2.24, 2.45) is 5.92 Å². The van der Waals surface area contributed by atoms with Crippen molar-refractivity contribution in [3.8, 4) is 6.07 Å². The van der Waals surface area contributed by atoms with Gasteiger partial charge < -0.3 is 9.64 Å². The second kappa shape index (κ2) is 8.01. The van der Waals surface area contributed by atoms with Crippen LogP contribution in [-0.4, -0.2) is 54.2 Å². The number of ether oxygens (including phenoxy) is 1. The predicted octanol–water partition coefficient (Wildman–Crippen LogP) is 3.38. The number of piperidine rings is 1. The van der Waals surface area contributed by atoms with Crippen LogP contribution in [0.15, 0.2) is 0 Å². The molecule has 0 aromatic carbocycles. The molecular weight excluding hydrogens is 344 g/mol. The van der Waals surface area contributed by atoms with Crippen molar-refractivity contribution < 1.29 is 4.74 Å². The second-order valence-corrected chi connectivity index (χ2v) is 8.11. The van der Waals surface area contributed by atoms with Gasteiger partial charge in [0.25, 0.3) is 0 Å². The van der Waals surface area contributed by atoms with E-state index in [-0.39, 0.29) is 0 Å². The summed E-state index contributed by atoms with van der Waals surface area (Å²) < 4.78 is 9.92. The third-order valence-electron chi connectivity index (χ3n) is 4.99. The van der Waals surface area contributed by atoms with Gasteiger partial charge in [0, 0.05) is 26.2 Å². The van der Waals surface area contributed by atoms with E-state index in [9.17, 15) is 5.26 Å². The van der Waals surface area contributed by atoms with E-state index in [0.29, 0.717) is 22.9 Å². The second-order valence-electron chi connectivity index (χ2n) is 7.00. The van der Waals surface area contributed by atoms with Gasteiger partial charge in [-0.2, -0.15) is 9.64 Å². The van der Waals surface area contributed by atoms with Gasteiger partial charge in [0.15, 0.2) is 5.15 Å². The molecule has 0 bridgehead atoms. The maximum Gasteiger partial charge on any atom is 0.162 e. The Labute approximate surface area is 153 Å². The number of rotatable bonds is 4. The summed E-state index contributed by atoms with van der Waals surface area (Å²) in [4.78, 5) is 4.82. The van der Waals surface area contributed by atoms with E-state index in [2.05, 4.69) is 34.1 Å². The van der Waals surface area contributed by atoms with Crippen molar-refractivity contribution in [1.29, 1.82) is 5.26 Å². The number of morpholine rings is 1. The van der Waals surface area contributed by atoms with Gasteiger partial charge in [-0.1, -0.05) is 11.6 Å². The zero-order chi connectivity index (χ0) is 17.1. The minimum absolute atomic E-state index is 0.343. The molecule has 2 aliphatic heterocycles. The number of halogens is 1. The Morgan fingerprint density at radius 1 is 1.29 bits per heavy atom. The fourth-order valence-corrected chi connectivity index (χ4v) is 4.91. The number of nitrogens with zero attached hydrogens (tertiary/aromatic N) is 4. The molecule has 0 radical (unpaired) electrons. The molecule has 0 amide bonds. The fourth-order valence-electron chi connectivity index (χ4n) is 3.83. The zero-order valence-corrected chi connectivity index (χ0v) is 15.9. The number of anilines is 1. The van der Waals surface area contributed by atoms with Crippen LogP contribution in [0.5, 0.6) is 0 Å². The van der Waals surface area contributed by atoms with Crippen molar-refractivity contribution in [2.75, 3.05) is 37.6 Å². The molecule has 2 unspecified atom stereocenters. The van der Waals surface area contributed by atoms with Crippen LogP contribution in [0.4, 0.5) is 5.00 Å². The highest BCUT2D eigenvalue weighted by atomic mass is 35.5. The van der Waals surface area contributed by atoms with Crippen molar-refractivity contribution in [3.05, 3.63) is 10.7 Å². The van der Waals surface area contributed by atoms with E-state index in [4.69, 9.17) is 16.3 Å². The molecule has 1 aromatic heterocycles. The lowest BCUT2D eigenvalue weighted by Crippen LogP contribution is -2.46. The van der Waals surface area contributed by atoms with Gasteiger partial charge in [-0.3, -0.25) is 4.90 Å². The minimum Gasteiger partial charge on any atom is -0.373 e. The highest BCUT2D eigenvalue weighted by Crippen LogP contribution is 2.34. The van der Waals surface area contributed by atoms with Gasteiger partial charge in [-0.05, 0) is 57.1 Å². The summed E-state index contributed by atoms with van der Waals surface area (Å²) in [5, 5.41) is 10.5. The normalized spacial score (nSPS) is 26.5. The smallest absolute Gasteiger partial charge is 0.162 e. The first-order valence-electron chi connectivity index (χ1n) is 8.74. The number of hydrogen-bond donors (Lipinski definition) is 0. The molecule has 132 valence electrons. The predicted molar refractivity (Wildman–Crippen MR) is 97.8 cm³/mol. The van der Waals surface area contributed by atoms with Gasteiger partial charge >= 0.3 is 0 Å². The van der Waals surface area contributed by atoms with E-state index < -0.39 is 0 Å². The lowest BCUT2D eigenvalue weighted by Gasteiger charge is -2.37. The number of nitriles is 1. The monoisotopic (exact) mass is 368 g/mol. The Bertz CT molecular complexity index is 584. The zero-order valence-electron chi connectivity index (χ0n) is 14.4. The highest BCUT2D eigenvalue weighted by molar-refractivity contribution is 7.10. The molecule has 1 aromatic rings. The lowest BCUT2D eigenvalue weighted by molar-refractivity contribution is -0.0690. The molecule has 0 N–H and O–H groups in total. The average molecular weight is 369 g/mol. The lowest BCUT2D eigenvalue weighted by atomic mass is 9.93. The third kappa shape index (κ3) is 4.20. The van der Waals surface area contributed by atoms with Gasteiger partial charge in [-0.25, -0.2) is 0 Å². The minimum atomic E-state index is 0.343. The molecule has 0 spiro atoms. The molecule has 2 aliphatic rings. The molecular formula is C17H25ClN4OS. The molecule has 2 atom stereocenters. The van der Waals surface area contributed by atoms with Gasteiger partial charge in [0.1, 0.15) is 16.6 Å². The Balaban J connectivity index is 1.46. The summed E-state index contributed by atoms with van der Waals surface area (Å²) in [6.45, 7) is 9.57. The van der Waals surface area contributed by atoms with Crippen molar-refractivity contribution >= 4 is 28.1 Å². The summed E-state index contributed by atoms with van der Waals surface area (Å²) in [6.07, 6.45) is 4.29. The molecule has 0 aliphatic carbocycles. The standard InChI is InChI=1S/C17H25ClN4OS/c1-12-10-21(11-13(2)23-12)6-3-14-4-7-22(8-5-14)17-15(9-19)16(18)20-24-17/h12-14H,3-8,10-11H2,1-2H3. The summed E-state index contributed by atoms with van der Waals surface area (Å²) >= 11 is 7.33. The fraction of sp³-hybridized carbons (Fsp3) is 0.765. The molecule has 24 heavy (non-hydrogen) atoms. The van der Waals surface area contributed by atoms with Crippen LogP contribution in [0.25, 0.3) is 0 Å². The molecule has 7 heteroatoms. The maximum absolute atomic E-state index is 9.23. The van der Waals surface area contributed by atoms with Crippen LogP contribution in [0.1, 0.15) is 38.7 Å². The first-order chi connectivity index (χ1) is 11.6. The summed E-state index contributed by atoms with van der Waals surface area (Å²) in [7, 11) is 0. The van der Waals surface area contributed by atoms with Crippen LogP contribution in [0.2, 0.25) is 5.15 Å². The topological polar surface area (TPSA) is 52.4 Å². The van der Waals surface area contributed by atoms with Crippen molar-refractivity contribution in [1.82, 2.24) is 9.27 Å². The first-order valence-corrected chi connectivity index (χ1v) is 9.90. The molecule has 5 nitrogen and oxygen atoms in total. The van der Waals surface area contributed by atoms with Crippen LogP contribution in [-0.2, 0) is 4.74 Å². The van der Waals surface area contributed by atoms with Crippen LogP contribution >= 0.6 is 23.1 Å². The molecule has 2 fully saturated rings. The van der Waals surface area contributed by atoms with Gasteiger partial charge in [0.05, 0.1) is 12.2 Å². The van der Waals surface area contributed by atoms with Crippen LogP contribution < -0.4 is 4.90 Å². The van der Waals surface area contributed by atoms with Gasteiger partial charge in [-0.15, -0.1) is 0 Å². The van der Waals surface area contributed by atoms with Crippen LogP contribution in [0.3, 0.4) is 0 Å². The van der Waals surface area contributed by atoms with Crippen LogP contribution in [0, 0.1) is 17.2 Å². The van der Waals surface area contributed by atoms with E-state index in [1.807, 2.05) is 0 Å². The summed E-state index contributed by atoms with van der Waals surface area (Å²) in [6, 6.07) is 2.18. The Morgan fingerprint density at radius 3 is 2.58 bits per heavy atom. The molecule has 3 heterocycles. The van der Waals surface area contributed by atoms with E-state index in [0.717, 1.165) is 37.1 Å².